The lowest BCUT2D eigenvalue weighted by atomic mass is 9.86. The van der Waals surface area contributed by atoms with Crippen LogP contribution in [0.2, 0.25) is 0 Å². The lowest BCUT2D eigenvalue weighted by Crippen LogP contribution is -2.20. The molecular weight excluding hydrogens is 248 g/mol. The highest BCUT2D eigenvalue weighted by molar-refractivity contribution is 5.30. The van der Waals surface area contributed by atoms with Gasteiger partial charge in [-0.15, -0.1) is 5.10 Å². The minimum Gasteiger partial charge on any atom is -0.366 e. The van der Waals surface area contributed by atoms with E-state index in [1.54, 1.807) is 0 Å². The van der Waals surface area contributed by atoms with Crippen molar-refractivity contribution in [2.45, 2.75) is 51.5 Å². The van der Waals surface area contributed by atoms with Crippen LogP contribution in [0.1, 0.15) is 56.6 Å². The van der Waals surface area contributed by atoms with Gasteiger partial charge in [0.2, 0.25) is 5.95 Å². The number of aromatic nitrogens is 3. The fourth-order valence-corrected chi connectivity index (χ4v) is 2.88. The van der Waals surface area contributed by atoms with E-state index in [0.29, 0.717) is 5.95 Å². The van der Waals surface area contributed by atoms with Gasteiger partial charge in [-0.3, -0.25) is 0 Å². The van der Waals surface area contributed by atoms with Crippen molar-refractivity contribution < 1.29 is 0 Å². The molecule has 106 valence electrons. The zero-order valence-electron chi connectivity index (χ0n) is 12.4. The summed E-state index contributed by atoms with van der Waals surface area (Å²) in [6, 6.07) is 9.17. The fraction of sp³-hybridized carbons (Fsp3) is 0.500. The van der Waals surface area contributed by atoms with Gasteiger partial charge in [-0.2, -0.15) is 4.98 Å². The number of hydrogen-bond donors (Lipinski definition) is 1. The maximum absolute atomic E-state index is 5.74. The molecule has 0 saturated carbocycles. The van der Waals surface area contributed by atoms with E-state index in [0.717, 1.165) is 25.1 Å². The van der Waals surface area contributed by atoms with Crippen LogP contribution in [-0.4, -0.2) is 14.8 Å². The molecule has 4 heteroatoms. The number of nitrogen functional groups attached to an aromatic ring is 1. The Kier molecular flexibility index (Phi) is 3.04. The van der Waals surface area contributed by atoms with Crippen molar-refractivity contribution in [2.75, 3.05) is 5.73 Å². The SMILES string of the molecule is CC(C)(C)c1ccc(C2CCCc3nc(N)nn32)cc1. The van der Waals surface area contributed by atoms with Crippen molar-refractivity contribution in [1.82, 2.24) is 14.8 Å². The Balaban J connectivity index is 1.94. The van der Waals surface area contributed by atoms with Crippen molar-refractivity contribution in [3.63, 3.8) is 0 Å². The second-order valence-electron chi connectivity index (χ2n) is 6.61. The van der Waals surface area contributed by atoms with Gasteiger partial charge in [-0.05, 0) is 29.4 Å². The molecule has 1 atom stereocenters. The van der Waals surface area contributed by atoms with E-state index in [2.05, 4.69) is 55.1 Å². The quantitative estimate of drug-likeness (QED) is 0.866. The number of anilines is 1. The van der Waals surface area contributed by atoms with Crippen molar-refractivity contribution in [3.05, 3.63) is 41.2 Å². The van der Waals surface area contributed by atoms with Gasteiger partial charge in [0.25, 0.3) is 0 Å². The van der Waals surface area contributed by atoms with E-state index in [-0.39, 0.29) is 11.5 Å². The number of benzene rings is 1. The van der Waals surface area contributed by atoms with Crippen LogP contribution in [0, 0.1) is 0 Å². The van der Waals surface area contributed by atoms with E-state index in [1.807, 2.05) is 4.68 Å². The van der Waals surface area contributed by atoms with E-state index < -0.39 is 0 Å². The summed E-state index contributed by atoms with van der Waals surface area (Å²) in [5.41, 5.74) is 8.58. The third-order valence-corrected chi connectivity index (χ3v) is 4.05. The van der Waals surface area contributed by atoms with Crippen molar-refractivity contribution in [1.29, 1.82) is 0 Å². The molecule has 0 fully saturated rings. The summed E-state index contributed by atoms with van der Waals surface area (Å²) in [5.74, 6) is 1.40. The Bertz CT molecular complexity index is 604. The van der Waals surface area contributed by atoms with Gasteiger partial charge in [-0.25, -0.2) is 4.68 Å². The highest BCUT2D eigenvalue weighted by atomic mass is 15.4. The molecule has 0 saturated heterocycles. The summed E-state index contributed by atoms with van der Waals surface area (Å²) in [7, 11) is 0. The lowest BCUT2D eigenvalue weighted by Gasteiger charge is -2.25. The summed E-state index contributed by atoms with van der Waals surface area (Å²) >= 11 is 0. The summed E-state index contributed by atoms with van der Waals surface area (Å²) < 4.78 is 2.00. The Labute approximate surface area is 120 Å². The third kappa shape index (κ3) is 2.30. The summed E-state index contributed by atoms with van der Waals surface area (Å²) in [5, 5.41) is 4.36. The van der Waals surface area contributed by atoms with Crippen LogP contribution in [0.3, 0.4) is 0 Å². The Morgan fingerprint density at radius 1 is 1.20 bits per heavy atom. The van der Waals surface area contributed by atoms with Crippen LogP contribution in [-0.2, 0) is 11.8 Å². The third-order valence-electron chi connectivity index (χ3n) is 4.05. The predicted molar refractivity (Wildman–Crippen MR) is 80.7 cm³/mol. The second-order valence-corrected chi connectivity index (χ2v) is 6.61. The first-order valence-electron chi connectivity index (χ1n) is 7.26. The molecule has 0 aliphatic carbocycles. The zero-order valence-corrected chi connectivity index (χ0v) is 12.4. The molecule has 1 aromatic heterocycles. The van der Waals surface area contributed by atoms with Gasteiger partial charge < -0.3 is 5.73 Å². The number of fused-ring (bicyclic) bond motifs is 1. The van der Waals surface area contributed by atoms with Crippen molar-refractivity contribution in [2.24, 2.45) is 0 Å². The molecule has 20 heavy (non-hydrogen) atoms. The molecule has 1 aliphatic heterocycles. The molecule has 1 aliphatic rings. The topological polar surface area (TPSA) is 56.7 Å². The minimum atomic E-state index is 0.188. The molecule has 0 spiro atoms. The number of nitrogens with zero attached hydrogens (tertiary/aromatic N) is 3. The molecule has 1 aromatic carbocycles. The minimum absolute atomic E-state index is 0.188. The maximum Gasteiger partial charge on any atom is 0.239 e. The Morgan fingerprint density at radius 2 is 1.90 bits per heavy atom. The molecule has 2 aromatic rings. The molecule has 3 rings (SSSR count). The first-order chi connectivity index (χ1) is 9.45. The van der Waals surface area contributed by atoms with E-state index >= 15 is 0 Å². The van der Waals surface area contributed by atoms with E-state index in [1.165, 1.54) is 11.1 Å². The highest BCUT2D eigenvalue weighted by Crippen LogP contribution is 2.31. The van der Waals surface area contributed by atoms with Gasteiger partial charge in [0, 0.05) is 6.42 Å². The smallest absolute Gasteiger partial charge is 0.239 e. The molecule has 0 amide bonds. The van der Waals surface area contributed by atoms with Crippen LogP contribution in [0.25, 0.3) is 0 Å². The molecule has 4 nitrogen and oxygen atoms in total. The van der Waals surface area contributed by atoms with Crippen molar-refractivity contribution >= 4 is 5.95 Å². The highest BCUT2D eigenvalue weighted by Gasteiger charge is 2.24. The van der Waals surface area contributed by atoms with Gasteiger partial charge in [0.1, 0.15) is 5.82 Å². The zero-order chi connectivity index (χ0) is 14.3. The molecule has 0 radical (unpaired) electrons. The van der Waals surface area contributed by atoms with Crippen LogP contribution >= 0.6 is 0 Å². The summed E-state index contributed by atoms with van der Waals surface area (Å²) in [6.45, 7) is 6.70. The number of aryl methyl sites for hydroxylation is 1. The Morgan fingerprint density at radius 3 is 2.55 bits per heavy atom. The second kappa shape index (κ2) is 4.62. The first kappa shape index (κ1) is 13.2. The largest absolute Gasteiger partial charge is 0.366 e. The molecule has 2 N–H and O–H groups in total. The normalized spacial score (nSPS) is 18.9. The molecule has 2 heterocycles. The maximum atomic E-state index is 5.74. The van der Waals surface area contributed by atoms with E-state index in [9.17, 15) is 0 Å². The predicted octanol–water partition coefficient (Wildman–Crippen LogP) is 3.08. The first-order valence-corrected chi connectivity index (χ1v) is 7.26. The van der Waals surface area contributed by atoms with Gasteiger partial charge in [0.15, 0.2) is 0 Å². The fourth-order valence-electron chi connectivity index (χ4n) is 2.88. The van der Waals surface area contributed by atoms with Crippen LogP contribution < -0.4 is 5.73 Å². The molecule has 1 unspecified atom stereocenters. The lowest BCUT2D eigenvalue weighted by molar-refractivity contribution is 0.412. The number of hydrogen-bond acceptors (Lipinski definition) is 3. The average molecular weight is 270 g/mol. The van der Waals surface area contributed by atoms with Gasteiger partial charge >= 0.3 is 0 Å². The van der Waals surface area contributed by atoms with Gasteiger partial charge in [-0.1, -0.05) is 45.0 Å². The van der Waals surface area contributed by atoms with E-state index in [4.69, 9.17) is 5.73 Å². The van der Waals surface area contributed by atoms with Crippen LogP contribution in [0.15, 0.2) is 24.3 Å². The number of nitrogens with two attached hydrogens (primary N) is 1. The standard InChI is InChI=1S/C16H22N4/c1-16(2,3)12-9-7-11(8-10-12)13-5-4-6-14-18-15(17)19-20(13)14/h7-10,13H,4-6H2,1-3H3,(H2,17,19). The average Bonchev–Trinajstić information content (AvgIpc) is 2.78. The van der Waals surface area contributed by atoms with Gasteiger partial charge in [0.05, 0.1) is 6.04 Å². The van der Waals surface area contributed by atoms with Crippen LogP contribution in [0.4, 0.5) is 5.95 Å². The van der Waals surface area contributed by atoms with Crippen LogP contribution in [0.5, 0.6) is 0 Å². The monoisotopic (exact) mass is 270 g/mol. The summed E-state index contributed by atoms with van der Waals surface area (Å²) in [4.78, 5) is 4.31. The molecule has 0 bridgehead atoms. The van der Waals surface area contributed by atoms with Crippen molar-refractivity contribution in [3.8, 4) is 0 Å². The number of rotatable bonds is 1. The Hall–Kier alpha value is -1.84. The summed E-state index contributed by atoms with van der Waals surface area (Å²) in [6.07, 6.45) is 3.22. The molecular formula is C16H22N4.